The molecule has 0 radical (unpaired) electrons. The fourth-order valence-electron chi connectivity index (χ4n) is 4.20. The number of rotatable bonds is 5. The Morgan fingerprint density at radius 1 is 1.27 bits per heavy atom. The number of carbonyl (C=O) groups is 1. The van der Waals surface area contributed by atoms with E-state index in [1.54, 1.807) is 17.0 Å². The molecule has 1 N–H and O–H groups in total. The van der Waals surface area contributed by atoms with Gasteiger partial charge in [-0.3, -0.25) is 14.2 Å². The lowest BCUT2D eigenvalue weighted by molar-refractivity contribution is -0.140. The number of aliphatic hydroxyl groups is 1. The minimum atomic E-state index is -1.07. The van der Waals surface area contributed by atoms with Gasteiger partial charge in [-0.25, -0.2) is 4.98 Å². The van der Waals surface area contributed by atoms with E-state index in [4.69, 9.17) is 14.2 Å². The Bertz CT molecular complexity index is 990. The zero-order chi connectivity index (χ0) is 21.3. The van der Waals surface area contributed by atoms with Crippen molar-refractivity contribution in [1.29, 1.82) is 0 Å². The molecule has 1 amide bonds. The van der Waals surface area contributed by atoms with E-state index >= 15 is 0 Å². The van der Waals surface area contributed by atoms with Gasteiger partial charge >= 0.3 is 0 Å². The van der Waals surface area contributed by atoms with Crippen molar-refractivity contribution in [2.24, 2.45) is 5.92 Å². The van der Waals surface area contributed by atoms with Crippen molar-refractivity contribution >= 4 is 16.8 Å². The molecule has 30 heavy (non-hydrogen) atoms. The average Bonchev–Trinajstić information content (AvgIpc) is 3.30. The van der Waals surface area contributed by atoms with Crippen molar-refractivity contribution in [1.82, 2.24) is 14.5 Å². The van der Waals surface area contributed by atoms with Crippen molar-refractivity contribution in [2.45, 2.75) is 31.4 Å². The summed E-state index contributed by atoms with van der Waals surface area (Å²) in [5.74, 6) is 0.969. The molecule has 9 nitrogen and oxygen atoms in total. The highest BCUT2D eigenvalue weighted by Crippen LogP contribution is 2.30. The second-order valence-corrected chi connectivity index (χ2v) is 8.01. The van der Waals surface area contributed by atoms with Gasteiger partial charge < -0.3 is 24.2 Å². The van der Waals surface area contributed by atoms with Gasteiger partial charge in [0.15, 0.2) is 11.5 Å². The van der Waals surface area contributed by atoms with E-state index in [-0.39, 0.29) is 23.9 Å². The molecule has 0 aliphatic carbocycles. The van der Waals surface area contributed by atoms with Crippen molar-refractivity contribution in [3.63, 3.8) is 0 Å². The fraction of sp³-hybridized carbons (Fsp3) is 0.571. The van der Waals surface area contributed by atoms with Crippen LogP contribution in [0.5, 0.6) is 11.5 Å². The molecule has 0 unspecified atom stereocenters. The van der Waals surface area contributed by atoms with Crippen LogP contribution in [0.2, 0.25) is 0 Å². The van der Waals surface area contributed by atoms with Gasteiger partial charge in [0, 0.05) is 25.8 Å². The van der Waals surface area contributed by atoms with Gasteiger partial charge in [0.25, 0.3) is 5.56 Å². The molecule has 1 atom stereocenters. The summed E-state index contributed by atoms with van der Waals surface area (Å²) in [6, 6.07) is 3.26. The standard InChI is InChI=1S/C21H27N3O6/c1-28-17-9-15-16(10-18(17)29-2)22-13-24(20(15)26)12-21(27)4-6-23(7-5-21)19(25)14-3-8-30-11-14/h9-10,13-14,27H,3-8,11-12H2,1-2H3/t14-/m1/s1. The fourth-order valence-corrected chi connectivity index (χ4v) is 4.20. The van der Waals surface area contributed by atoms with Crippen molar-refractivity contribution < 1.29 is 24.1 Å². The normalized spacial score (nSPS) is 21.0. The lowest BCUT2D eigenvalue weighted by Crippen LogP contribution is -2.51. The quantitative estimate of drug-likeness (QED) is 0.768. The lowest BCUT2D eigenvalue weighted by Gasteiger charge is -2.39. The Morgan fingerprint density at radius 2 is 1.97 bits per heavy atom. The maximum Gasteiger partial charge on any atom is 0.261 e. The third-order valence-electron chi connectivity index (χ3n) is 6.08. The number of hydrogen-bond acceptors (Lipinski definition) is 7. The van der Waals surface area contributed by atoms with Crippen LogP contribution in [0.15, 0.2) is 23.3 Å². The van der Waals surface area contributed by atoms with E-state index in [0.717, 1.165) is 6.42 Å². The predicted octanol–water partition coefficient (Wildman–Crippen LogP) is 0.804. The lowest BCUT2D eigenvalue weighted by atomic mass is 9.90. The molecule has 3 heterocycles. The predicted molar refractivity (Wildman–Crippen MR) is 109 cm³/mol. The van der Waals surface area contributed by atoms with E-state index < -0.39 is 5.60 Å². The average molecular weight is 417 g/mol. The SMILES string of the molecule is COc1cc2ncn(CC3(O)CCN(C(=O)[C@@H]4CCOC4)CC3)c(=O)c2cc1OC. The third kappa shape index (κ3) is 3.87. The Hall–Kier alpha value is -2.65. The van der Waals surface area contributed by atoms with Crippen LogP contribution in [0.4, 0.5) is 0 Å². The summed E-state index contributed by atoms with van der Waals surface area (Å²) < 4.78 is 17.3. The number of hydrogen-bond donors (Lipinski definition) is 1. The maximum absolute atomic E-state index is 13.0. The number of ether oxygens (including phenoxy) is 3. The number of amides is 1. The smallest absolute Gasteiger partial charge is 0.261 e. The van der Waals surface area contributed by atoms with Gasteiger partial charge in [-0.15, -0.1) is 0 Å². The molecule has 9 heteroatoms. The maximum atomic E-state index is 13.0. The van der Waals surface area contributed by atoms with Gasteiger partial charge in [0.05, 0.1) is 56.1 Å². The summed E-state index contributed by atoms with van der Waals surface area (Å²) in [6.07, 6.45) is 3.01. The molecule has 0 bridgehead atoms. The van der Waals surface area contributed by atoms with Crippen LogP contribution in [0, 0.1) is 5.92 Å². The highest BCUT2D eigenvalue weighted by atomic mass is 16.5. The summed E-state index contributed by atoms with van der Waals surface area (Å²) in [4.78, 5) is 31.7. The van der Waals surface area contributed by atoms with Crippen LogP contribution in [0.3, 0.4) is 0 Å². The van der Waals surface area contributed by atoms with Crippen molar-refractivity contribution in [3.05, 3.63) is 28.8 Å². The highest BCUT2D eigenvalue weighted by molar-refractivity contribution is 5.81. The number of carbonyl (C=O) groups excluding carboxylic acids is 1. The van der Waals surface area contributed by atoms with E-state index in [0.29, 0.717) is 61.5 Å². The summed E-state index contributed by atoms with van der Waals surface area (Å²) in [5, 5.41) is 11.5. The zero-order valence-corrected chi connectivity index (χ0v) is 17.3. The van der Waals surface area contributed by atoms with E-state index in [9.17, 15) is 14.7 Å². The first kappa shape index (κ1) is 20.6. The molecule has 162 valence electrons. The number of methoxy groups -OCH3 is 2. The molecular formula is C21H27N3O6. The second-order valence-electron chi connectivity index (χ2n) is 8.01. The van der Waals surface area contributed by atoms with E-state index in [2.05, 4.69) is 4.98 Å². The number of piperidine rings is 1. The minimum Gasteiger partial charge on any atom is -0.493 e. The third-order valence-corrected chi connectivity index (χ3v) is 6.08. The van der Waals surface area contributed by atoms with Crippen LogP contribution in [-0.4, -0.2) is 71.6 Å². The topological polar surface area (TPSA) is 103 Å². The van der Waals surface area contributed by atoms with Gasteiger partial charge in [-0.2, -0.15) is 0 Å². The first-order valence-corrected chi connectivity index (χ1v) is 10.1. The molecule has 2 aliphatic rings. The van der Waals surface area contributed by atoms with Crippen LogP contribution < -0.4 is 15.0 Å². The molecule has 2 fully saturated rings. The Morgan fingerprint density at radius 3 is 2.60 bits per heavy atom. The number of benzene rings is 1. The Balaban J connectivity index is 1.50. The molecule has 1 aromatic heterocycles. The van der Waals surface area contributed by atoms with Crippen LogP contribution in [0.25, 0.3) is 10.9 Å². The highest BCUT2D eigenvalue weighted by Gasteiger charge is 2.37. The van der Waals surface area contributed by atoms with Gasteiger partial charge in [-0.05, 0) is 25.3 Å². The van der Waals surface area contributed by atoms with Crippen molar-refractivity contribution in [2.75, 3.05) is 40.5 Å². The van der Waals surface area contributed by atoms with Crippen LogP contribution in [0.1, 0.15) is 19.3 Å². The molecule has 0 spiro atoms. The van der Waals surface area contributed by atoms with Crippen LogP contribution in [-0.2, 0) is 16.1 Å². The number of nitrogens with zero attached hydrogens (tertiary/aromatic N) is 3. The first-order chi connectivity index (χ1) is 14.4. The summed E-state index contributed by atoms with van der Waals surface area (Å²) in [5.41, 5.74) is -0.824. The zero-order valence-electron chi connectivity index (χ0n) is 17.3. The number of fused-ring (bicyclic) bond motifs is 1. The summed E-state index contributed by atoms with van der Waals surface area (Å²) in [7, 11) is 3.03. The molecule has 2 aliphatic heterocycles. The number of likely N-dealkylation sites (tertiary alicyclic amines) is 1. The summed E-state index contributed by atoms with van der Waals surface area (Å²) in [6.45, 7) is 2.16. The molecule has 2 saturated heterocycles. The monoisotopic (exact) mass is 417 g/mol. The molecular weight excluding hydrogens is 390 g/mol. The minimum absolute atomic E-state index is 0.0736. The Labute approximate surface area is 174 Å². The van der Waals surface area contributed by atoms with E-state index in [1.807, 2.05) is 0 Å². The van der Waals surface area contributed by atoms with Gasteiger partial charge in [0.1, 0.15) is 0 Å². The molecule has 2 aromatic rings. The largest absolute Gasteiger partial charge is 0.493 e. The second kappa shape index (κ2) is 8.23. The van der Waals surface area contributed by atoms with Gasteiger partial charge in [0.2, 0.25) is 5.91 Å². The first-order valence-electron chi connectivity index (χ1n) is 10.1. The van der Waals surface area contributed by atoms with Crippen LogP contribution >= 0.6 is 0 Å². The van der Waals surface area contributed by atoms with Gasteiger partial charge in [-0.1, -0.05) is 0 Å². The molecule has 1 aromatic carbocycles. The molecule has 0 saturated carbocycles. The molecule has 4 rings (SSSR count). The summed E-state index contributed by atoms with van der Waals surface area (Å²) >= 11 is 0. The number of aromatic nitrogens is 2. The van der Waals surface area contributed by atoms with E-state index in [1.165, 1.54) is 25.1 Å². The van der Waals surface area contributed by atoms with Crippen molar-refractivity contribution in [3.8, 4) is 11.5 Å². The Kier molecular flexibility index (Phi) is 5.66.